The minimum Gasteiger partial charge on any atom is -0.466 e. The van der Waals surface area contributed by atoms with Gasteiger partial charge in [0.2, 0.25) is 0 Å². The highest BCUT2D eigenvalue weighted by Gasteiger charge is 2.33. The molecule has 9 heteroatoms. The van der Waals surface area contributed by atoms with Crippen LogP contribution in [0.1, 0.15) is 72.0 Å². The normalized spacial score (nSPS) is 15.2. The molecule has 0 saturated carbocycles. The topological polar surface area (TPSA) is 95.7 Å². The Hall–Kier alpha value is -3.59. The summed E-state index contributed by atoms with van der Waals surface area (Å²) in [6, 6.07) is 7.22. The lowest BCUT2D eigenvalue weighted by molar-refractivity contribution is -0.155. The lowest BCUT2D eigenvalue weighted by atomic mass is 9.98. The SMILES string of the molecule is COC(=O)C=Cc1ccc(C2=N[C@@H](CC(=O)OC(C)(C)C)c3nnc(C)n3-c3sc(C)c(C)c32)cc1. The lowest BCUT2D eigenvalue weighted by Crippen LogP contribution is -2.25. The van der Waals surface area contributed by atoms with Gasteiger partial charge in [0, 0.05) is 22.1 Å². The van der Waals surface area contributed by atoms with E-state index in [2.05, 4.69) is 28.8 Å². The fourth-order valence-corrected chi connectivity index (χ4v) is 5.26. The van der Waals surface area contributed by atoms with Gasteiger partial charge < -0.3 is 9.47 Å². The summed E-state index contributed by atoms with van der Waals surface area (Å²) < 4.78 is 12.3. The molecule has 1 aliphatic heterocycles. The van der Waals surface area contributed by atoms with Gasteiger partial charge in [0.15, 0.2) is 5.82 Å². The number of methoxy groups -OCH3 is 1. The quantitative estimate of drug-likeness (QED) is 0.354. The lowest BCUT2D eigenvalue weighted by Gasteiger charge is -2.21. The second-order valence-corrected chi connectivity index (χ2v) is 10.9. The maximum atomic E-state index is 12.8. The number of carbonyl (C=O) groups is 2. The summed E-state index contributed by atoms with van der Waals surface area (Å²) in [5, 5.41) is 9.73. The molecule has 0 bridgehead atoms. The average molecular weight is 507 g/mol. The molecule has 36 heavy (non-hydrogen) atoms. The van der Waals surface area contributed by atoms with Gasteiger partial charge in [-0.3, -0.25) is 14.4 Å². The molecule has 0 N–H and O–H groups in total. The van der Waals surface area contributed by atoms with Crippen molar-refractivity contribution in [3.05, 3.63) is 69.1 Å². The van der Waals surface area contributed by atoms with Crippen LogP contribution in [-0.4, -0.2) is 45.1 Å². The molecule has 0 saturated heterocycles. The number of ether oxygens (including phenoxy) is 2. The molecule has 1 aromatic carbocycles. The third kappa shape index (κ3) is 5.16. The zero-order valence-electron chi connectivity index (χ0n) is 21.6. The van der Waals surface area contributed by atoms with Gasteiger partial charge in [0.05, 0.1) is 19.2 Å². The molecule has 8 nitrogen and oxygen atoms in total. The van der Waals surface area contributed by atoms with Gasteiger partial charge in [-0.05, 0) is 58.7 Å². The smallest absolute Gasteiger partial charge is 0.330 e. The molecule has 0 unspecified atom stereocenters. The van der Waals surface area contributed by atoms with Crippen molar-refractivity contribution in [1.29, 1.82) is 0 Å². The van der Waals surface area contributed by atoms with E-state index in [4.69, 9.17) is 9.73 Å². The van der Waals surface area contributed by atoms with Gasteiger partial charge >= 0.3 is 11.9 Å². The molecule has 0 spiro atoms. The van der Waals surface area contributed by atoms with Crippen LogP contribution in [0.15, 0.2) is 35.3 Å². The number of rotatable bonds is 5. The van der Waals surface area contributed by atoms with Crippen LogP contribution in [0.5, 0.6) is 0 Å². The molecule has 0 amide bonds. The maximum absolute atomic E-state index is 12.8. The number of esters is 2. The Kier molecular flexibility index (Phi) is 6.95. The predicted molar refractivity (Wildman–Crippen MR) is 140 cm³/mol. The number of hydrogen-bond acceptors (Lipinski definition) is 8. The molecule has 188 valence electrons. The van der Waals surface area contributed by atoms with Crippen molar-refractivity contribution in [2.45, 2.75) is 59.6 Å². The monoisotopic (exact) mass is 506 g/mol. The number of carbonyl (C=O) groups excluding carboxylic acids is 2. The highest BCUT2D eigenvalue weighted by molar-refractivity contribution is 7.15. The number of benzene rings is 1. The predicted octanol–water partition coefficient (Wildman–Crippen LogP) is 5.06. The van der Waals surface area contributed by atoms with Crippen LogP contribution in [-0.2, 0) is 19.1 Å². The summed E-state index contributed by atoms with van der Waals surface area (Å²) in [7, 11) is 1.35. The molecule has 0 fully saturated rings. The van der Waals surface area contributed by atoms with E-state index < -0.39 is 17.6 Å². The number of aromatic nitrogens is 3. The zero-order chi connectivity index (χ0) is 26.2. The zero-order valence-corrected chi connectivity index (χ0v) is 22.4. The molecular weight excluding hydrogens is 476 g/mol. The van der Waals surface area contributed by atoms with E-state index in [-0.39, 0.29) is 12.4 Å². The molecule has 4 rings (SSSR count). The number of aliphatic imine (C=N–C) groups is 1. The summed E-state index contributed by atoms with van der Waals surface area (Å²) >= 11 is 1.66. The van der Waals surface area contributed by atoms with Crippen LogP contribution < -0.4 is 0 Å². The summed E-state index contributed by atoms with van der Waals surface area (Å²) in [5.74, 6) is 0.601. The second-order valence-electron chi connectivity index (χ2n) is 9.67. The second kappa shape index (κ2) is 9.81. The van der Waals surface area contributed by atoms with Crippen molar-refractivity contribution < 1.29 is 19.1 Å². The third-order valence-corrected chi connectivity index (χ3v) is 7.01. The molecule has 0 radical (unpaired) electrons. The maximum Gasteiger partial charge on any atom is 0.330 e. The highest BCUT2D eigenvalue weighted by Crippen LogP contribution is 2.39. The summed E-state index contributed by atoms with van der Waals surface area (Å²) in [6.07, 6.45) is 3.13. The van der Waals surface area contributed by atoms with Crippen molar-refractivity contribution in [3.63, 3.8) is 0 Å². The first-order valence-corrected chi connectivity index (χ1v) is 12.5. The van der Waals surface area contributed by atoms with Crippen LogP contribution >= 0.6 is 11.3 Å². The van der Waals surface area contributed by atoms with Crippen LogP contribution in [0.2, 0.25) is 0 Å². The molecule has 1 aliphatic rings. The number of hydrogen-bond donors (Lipinski definition) is 0. The van der Waals surface area contributed by atoms with Crippen molar-refractivity contribution in [3.8, 4) is 5.00 Å². The number of fused-ring (bicyclic) bond motifs is 3. The van der Waals surface area contributed by atoms with Gasteiger partial charge in [0.25, 0.3) is 0 Å². The molecule has 3 aromatic rings. The Morgan fingerprint density at radius 3 is 2.44 bits per heavy atom. The van der Waals surface area contributed by atoms with Crippen molar-refractivity contribution >= 4 is 35.1 Å². The summed E-state index contributed by atoms with van der Waals surface area (Å²) in [4.78, 5) is 30.6. The van der Waals surface area contributed by atoms with Gasteiger partial charge in [-0.1, -0.05) is 24.3 Å². The summed E-state index contributed by atoms with van der Waals surface area (Å²) in [6.45, 7) is 11.6. The van der Waals surface area contributed by atoms with Crippen molar-refractivity contribution in [1.82, 2.24) is 14.8 Å². The van der Waals surface area contributed by atoms with Gasteiger partial charge in [-0.15, -0.1) is 21.5 Å². The number of aryl methyl sites for hydroxylation is 2. The fraction of sp³-hybridized carbons (Fsp3) is 0.370. The first kappa shape index (κ1) is 25.5. The minimum absolute atomic E-state index is 0.0474. The Morgan fingerprint density at radius 2 is 1.81 bits per heavy atom. The Morgan fingerprint density at radius 1 is 1.11 bits per heavy atom. The largest absolute Gasteiger partial charge is 0.466 e. The molecule has 3 heterocycles. The standard InChI is InChI=1S/C27H30N4O4S/c1-15-16(2)36-26-23(15)24(19-11-8-18(9-12-19)10-13-21(32)34-7)28-20(14-22(33)35-27(4,5)6)25-30-29-17(3)31(25)26/h8-13,20H,14H2,1-7H3/t20-/m0/s1. The van der Waals surface area contributed by atoms with Crippen molar-refractivity contribution in [2.24, 2.45) is 4.99 Å². The van der Waals surface area contributed by atoms with E-state index in [1.165, 1.54) is 18.1 Å². The number of nitrogens with zero attached hydrogens (tertiary/aromatic N) is 4. The third-order valence-electron chi connectivity index (χ3n) is 5.82. The fourth-order valence-electron chi connectivity index (χ4n) is 4.05. The Balaban J connectivity index is 1.83. The minimum atomic E-state index is -0.599. The van der Waals surface area contributed by atoms with Crippen LogP contribution in [0.3, 0.4) is 0 Å². The van der Waals surface area contributed by atoms with Gasteiger partial charge in [-0.2, -0.15) is 0 Å². The average Bonchev–Trinajstić information content (AvgIpc) is 3.28. The van der Waals surface area contributed by atoms with E-state index in [0.717, 1.165) is 38.8 Å². The molecular formula is C27H30N4O4S. The highest BCUT2D eigenvalue weighted by atomic mass is 32.1. The van der Waals surface area contributed by atoms with E-state index >= 15 is 0 Å². The van der Waals surface area contributed by atoms with E-state index in [1.807, 2.05) is 56.5 Å². The molecule has 2 aromatic heterocycles. The first-order chi connectivity index (χ1) is 17.0. The Bertz CT molecular complexity index is 1370. The van der Waals surface area contributed by atoms with Crippen molar-refractivity contribution in [2.75, 3.05) is 7.11 Å². The van der Waals surface area contributed by atoms with E-state index in [9.17, 15) is 9.59 Å². The van der Waals surface area contributed by atoms with Crippen LogP contribution in [0.4, 0.5) is 0 Å². The molecule has 0 aliphatic carbocycles. The van der Waals surface area contributed by atoms with E-state index in [1.54, 1.807) is 17.4 Å². The van der Waals surface area contributed by atoms with E-state index in [0.29, 0.717) is 5.82 Å². The molecule has 1 atom stereocenters. The van der Waals surface area contributed by atoms with Gasteiger partial charge in [0.1, 0.15) is 22.5 Å². The van der Waals surface area contributed by atoms with Crippen LogP contribution in [0, 0.1) is 20.8 Å². The Labute approximate surface area is 214 Å². The van der Waals surface area contributed by atoms with Gasteiger partial charge in [-0.25, -0.2) is 4.79 Å². The number of thiophene rings is 1. The van der Waals surface area contributed by atoms with Crippen LogP contribution in [0.25, 0.3) is 11.1 Å². The first-order valence-electron chi connectivity index (χ1n) is 11.7. The summed E-state index contributed by atoms with van der Waals surface area (Å²) in [5.41, 5.74) is 4.08.